The number of rotatable bonds is 19. The third kappa shape index (κ3) is 13.8. The number of hydrogen-bond acceptors (Lipinski definition) is 4. The van der Waals surface area contributed by atoms with E-state index in [1.807, 2.05) is 0 Å². The van der Waals surface area contributed by atoms with E-state index in [1.165, 1.54) is 70.6 Å². The monoisotopic (exact) mass is 453 g/mol. The van der Waals surface area contributed by atoms with E-state index >= 15 is 0 Å². The third-order valence-electron chi connectivity index (χ3n) is 7.35. The molecule has 0 bridgehead atoms. The Balaban J connectivity index is 2.41. The molecule has 0 spiro atoms. The van der Waals surface area contributed by atoms with Crippen LogP contribution in [0.15, 0.2) is 0 Å². The second-order valence-electron chi connectivity index (χ2n) is 10.6. The minimum Gasteiger partial charge on any atom is -0.462 e. The molecule has 4 heteroatoms. The van der Waals surface area contributed by atoms with Gasteiger partial charge in [0.2, 0.25) is 0 Å². The highest BCUT2D eigenvalue weighted by molar-refractivity contribution is 5.71. The van der Waals surface area contributed by atoms with Crippen LogP contribution in [0.2, 0.25) is 0 Å². The first kappa shape index (κ1) is 29.4. The van der Waals surface area contributed by atoms with Crippen molar-refractivity contribution in [2.75, 3.05) is 20.1 Å². The summed E-state index contributed by atoms with van der Waals surface area (Å²) in [6, 6.07) is 0. The third-order valence-corrected chi connectivity index (χ3v) is 7.35. The Kier molecular flexibility index (Phi) is 16.4. The molecule has 0 amide bonds. The summed E-state index contributed by atoms with van der Waals surface area (Å²) in [6.45, 7) is 8.53. The minimum atomic E-state index is -0.872. The Labute approximate surface area is 199 Å². The van der Waals surface area contributed by atoms with Gasteiger partial charge in [-0.3, -0.25) is 4.79 Å². The van der Waals surface area contributed by atoms with Crippen LogP contribution in [-0.4, -0.2) is 47.8 Å². The molecule has 1 unspecified atom stereocenters. The average molecular weight is 454 g/mol. The topological polar surface area (TPSA) is 49.8 Å². The standard InChI is InChI=1S/C28H55NO3/c1-5-8-9-10-13-18-26(19-14-11-12-17-25(15-6-2)16-7-3)32-27(30)24-28(31)20-22-29(4)23-21-28/h25-26,31H,5-24H2,1-4H3. The maximum absolute atomic E-state index is 12.7. The highest BCUT2D eigenvalue weighted by Crippen LogP contribution is 2.27. The van der Waals surface area contributed by atoms with Gasteiger partial charge in [-0.1, -0.05) is 91.4 Å². The molecule has 1 atom stereocenters. The van der Waals surface area contributed by atoms with Crippen molar-refractivity contribution < 1.29 is 14.6 Å². The van der Waals surface area contributed by atoms with Crippen molar-refractivity contribution >= 4 is 5.97 Å². The lowest BCUT2D eigenvalue weighted by atomic mass is 9.88. The predicted molar refractivity (Wildman–Crippen MR) is 136 cm³/mol. The number of likely N-dealkylation sites (tertiary alicyclic amines) is 1. The molecule has 1 aliphatic rings. The van der Waals surface area contributed by atoms with E-state index in [1.54, 1.807) is 0 Å². The van der Waals surface area contributed by atoms with Crippen molar-refractivity contribution in [3.8, 4) is 0 Å². The first-order valence-electron chi connectivity index (χ1n) is 14.0. The molecule has 0 aromatic heterocycles. The number of carbonyl (C=O) groups is 1. The number of ether oxygens (including phenoxy) is 1. The lowest BCUT2D eigenvalue weighted by molar-refractivity contribution is -0.157. The molecule has 0 radical (unpaired) electrons. The van der Waals surface area contributed by atoms with Crippen LogP contribution in [0.25, 0.3) is 0 Å². The van der Waals surface area contributed by atoms with Gasteiger partial charge < -0.3 is 14.7 Å². The molecule has 1 heterocycles. The Morgan fingerprint density at radius 1 is 0.812 bits per heavy atom. The zero-order chi connectivity index (χ0) is 23.7. The number of aliphatic hydroxyl groups is 1. The van der Waals surface area contributed by atoms with Crippen LogP contribution in [0.4, 0.5) is 0 Å². The maximum Gasteiger partial charge on any atom is 0.308 e. The second-order valence-corrected chi connectivity index (χ2v) is 10.6. The highest BCUT2D eigenvalue weighted by Gasteiger charge is 2.34. The van der Waals surface area contributed by atoms with Gasteiger partial charge in [-0.05, 0) is 51.5 Å². The van der Waals surface area contributed by atoms with Crippen LogP contribution in [0, 0.1) is 5.92 Å². The van der Waals surface area contributed by atoms with Gasteiger partial charge in [-0.15, -0.1) is 0 Å². The smallest absolute Gasteiger partial charge is 0.308 e. The number of esters is 1. The number of unbranched alkanes of at least 4 members (excludes halogenated alkanes) is 6. The van der Waals surface area contributed by atoms with Crippen LogP contribution < -0.4 is 0 Å². The molecule has 1 rings (SSSR count). The van der Waals surface area contributed by atoms with Crippen molar-refractivity contribution in [2.45, 2.75) is 148 Å². The molecule has 1 N–H and O–H groups in total. The predicted octanol–water partition coefficient (Wildman–Crippen LogP) is 7.27. The Hall–Kier alpha value is -0.610. The summed E-state index contributed by atoms with van der Waals surface area (Å²) in [7, 11) is 2.07. The summed E-state index contributed by atoms with van der Waals surface area (Å²) in [5.74, 6) is 0.703. The molecule has 4 nitrogen and oxygen atoms in total. The molecule has 0 saturated carbocycles. The normalized spacial score (nSPS) is 17.6. The van der Waals surface area contributed by atoms with Crippen molar-refractivity contribution in [3.05, 3.63) is 0 Å². The van der Waals surface area contributed by atoms with Gasteiger partial charge in [0, 0.05) is 13.1 Å². The lowest BCUT2D eigenvalue weighted by Gasteiger charge is -2.36. The number of carbonyl (C=O) groups excluding carboxylic acids is 1. The van der Waals surface area contributed by atoms with Crippen LogP contribution >= 0.6 is 0 Å². The molecule has 32 heavy (non-hydrogen) atoms. The van der Waals surface area contributed by atoms with Crippen LogP contribution in [0.3, 0.4) is 0 Å². The van der Waals surface area contributed by atoms with E-state index < -0.39 is 5.60 Å². The summed E-state index contributed by atoms with van der Waals surface area (Å²) in [5, 5.41) is 10.8. The fraction of sp³-hybridized carbons (Fsp3) is 0.964. The Morgan fingerprint density at radius 2 is 1.34 bits per heavy atom. The molecule has 1 fully saturated rings. The van der Waals surface area contributed by atoms with Crippen molar-refractivity contribution in [2.24, 2.45) is 5.92 Å². The van der Waals surface area contributed by atoms with Crippen LogP contribution in [-0.2, 0) is 9.53 Å². The zero-order valence-corrected chi connectivity index (χ0v) is 22.0. The summed E-state index contributed by atoms with van der Waals surface area (Å²) in [5.41, 5.74) is -0.872. The number of hydrogen-bond donors (Lipinski definition) is 1. The second kappa shape index (κ2) is 17.8. The van der Waals surface area contributed by atoms with E-state index in [0.717, 1.165) is 44.7 Å². The van der Waals surface area contributed by atoms with E-state index in [0.29, 0.717) is 12.8 Å². The molecule has 1 saturated heterocycles. The lowest BCUT2D eigenvalue weighted by Crippen LogP contribution is -2.44. The molecule has 0 aromatic carbocycles. The van der Waals surface area contributed by atoms with Gasteiger partial charge in [-0.2, -0.15) is 0 Å². The minimum absolute atomic E-state index is 0.0288. The molecule has 1 aliphatic heterocycles. The van der Waals surface area contributed by atoms with Gasteiger partial charge in [0.05, 0.1) is 12.0 Å². The quantitative estimate of drug-likeness (QED) is 0.165. The first-order valence-corrected chi connectivity index (χ1v) is 14.0. The molecular weight excluding hydrogens is 398 g/mol. The van der Waals surface area contributed by atoms with Crippen molar-refractivity contribution in [1.29, 1.82) is 0 Å². The van der Waals surface area contributed by atoms with Gasteiger partial charge in [-0.25, -0.2) is 0 Å². The molecular formula is C28H55NO3. The van der Waals surface area contributed by atoms with Gasteiger partial charge in [0.25, 0.3) is 0 Å². The summed E-state index contributed by atoms with van der Waals surface area (Å²) < 4.78 is 5.94. The average Bonchev–Trinajstić information content (AvgIpc) is 2.75. The van der Waals surface area contributed by atoms with Crippen molar-refractivity contribution in [3.63, 3.8) is 0 Å². The van der Waals surface area contributed by atoms with Gasteiger partial charge in [0.1, 0.15) is 6.10 Å². The zero-order valence-electron chi connectivity index (χ0n) is 22.0. The Morgan fingerprint density at radius 3 is 1.91 bits per heavy atom. The fourth-order valence-electron chi connectivity index (χ4n) is 5.18. The summed E-state index contributed by atoms with van der Waals surface area (Å²) >= 11 is 0. The first-order chi connectivity index (χ1) is 15.4. The Bertz CT molecular complexity index is 454. The van der Waals surface area contributed by atoms with E-state index in [4.69, 9.17) is 4.74 Å². The van der Waals surface area contributed by atoms with Gasteiger partial charge in [0.15, 0.2) is 0 Å². The van der Waals surface area contributed by atoms with E-state index in [2.05, 4.69) is 32.7 Å². The van der Waals surface area contributed by atoms with Gasteiger partial charge >= 0.3 is 5.97 Å². The fourth-order valence-corrected chi connectivity index (χ4v) is 5.18. The molecule has 0 aliphatic carbocycles. The van der Waals surface area contributed by atoms with E-state index in [-0.39, 0.29) is 18.5 Å². The maximum atomic E-state index is 12.7. The summed E-state index contributed by atoms with van der Waals surface area (Å²) in [4.78, 5) is 14.9. The largest absolute Gasteiger partial charge is 0.462 e. The van der Waals surface area contributed by atoms with Crippen LogP contribution in [0.5, 0.6) is 0 Å². The summed E-state index contributed by atoms with van der Waals surface area (Å²) in [6.07, 6.45) is 20.0. The molecule has 190 valence electrons. The molecule has 0 aromatic rings. The van der Waals surface area contributed by atoms with Crippen LogP contribution in [0.1, 0.15) is 136 Å². The number of piperidine rings is 1. The van der Waals surface area contributed by atoms with E-state index in [9.17, 15) is 9.90 Å². The SMILES string of the molecule is CCCCCCCC(CCCCCC(CCC)CCC)OC(=O)CC1(O)CCN(C)CC1. The highest BCUT2D eigenvalue weighted by atomic mass is 16.5. The number of nitrogens with zero attached hydrogens (tertiary/aromatic N) is 1. The van der Waals surface area contributed by atoms with Crippen molar-refractivity contribution in [1.82, 2.24) is 4.90 Å².